The molecule has 1 aromatic rings. The highest BCUT2D eigenvalue weighted by Gasteiger charge is 2.29. The quantitative estimate of drug-likeness (QED) is 0.760. The van der Waals surface area contributed by atoms with Gasteiger partial charge in [-0.2, -0.15) is 0 Å². The van der Waals surface area contributed by atoms with Gasteiger partial charge in [0.2, 0.25) is 0 Å². The van der Waals surface area contributed by atoms with E-state index in [2.05, 4.69) is 36.5 Å². The van der Waals surface area contributed by atoms with Gasteiger partial charge >= 0.3 is 5.97 Å². The third-order valence-corrected chi connectivity index (χ3v) is 4.90. The number of piperidine rings is 1. The minimum Gasteiger partial charge on any atom is -0.469 e. The number of hydrogen-bond acceptors (Lipinski definition) is 3. The summed E-state index contributed by atoms with van der Waals surface area (Å²) in [5.41, 5.74) is 2.43. The number of benzene rings is 1. The van der Waals surface area contributed by atoms with Gasteiger partial charge in [0.05, 0.1) is 32.2 Å². The molecule has 1 aliphatic rings. The van der Waals surface area contributed by atoms with Crippen LogP contribution in [0.25, 0.3) is 0 Å². The summed E-state index contributed by atoms with van der Waals surface area (Å²) < 4.78 is 4.80. The number of aryl methyl sites for hydroxylation is 1. The topological polar surface area (TPSA) is 59.8 Å². The second-order valence-corrected chi connectivity index (χ2v) is 6.61. The first-order chi connectivity index (χ1) is 11.5. The average molecular weight is 333 g/mol. The number of likely N-dealkylation sites (tertiary alicyclic amines) is 1. The zero-order valence-electron chi connectivity index (χ0n) is 14.9. The standard InChI is InChI=1S/C19H28N2O3/c1-4-15-5-7-16(8-6-15)14(2)20-18(22)13-21-11-9-17(10-12-21)19(23)24-3/h5-8,14,17H,4,9-13H2,1-3H3,(H,20,22)/p+1/t14-/m1/s1. The molecule has 5 heteroatoms. The van der Waals surface area contributed by atoms with Crippen molar-refractivity contribution in [1.29, 1.82) is 0 Å². The number of carbonyl (C=O) groups is 2. The van der Waals surface area contributed by atoms with Crippen molar-refractivity contribution >= 4 is 11.9 Å². The number of ether oxygens (including phenoxy) is 1. The van der Waals surface area contributed by atoms with Gasteiger partial charge in [0, 0.05) is 12.8 Å². The lowest BCUT2D eigenvalue weighted by Crippen LogP contribution is -3.14. The number of carbonyl (C=O) groups excluding carboxylic acids is 2. The molecular formula is C19H29N2O3+. The number of esters is 1. The molecule has 1 aromatic carbocycles. The van der Waals surface area contributed by atoms with Crippen molar-refractivity contribution in [3.63, 3.8) is 0 Å². The largest absolute Gasteiger partial charge is 0.469 e. The summed E-state index contributed by atoms with van der Waals surface area (Å²) in [6.07, 6.45) is 2.61. The highest BCUT2D eigenvalue weighted by atomic mass is 16.5. The van der Waals surface area contributed by atoms with E-state index in [-0.39, 0.29) is 23.8 Å². The van der Waals surface area contributed by atoms with Gasteiger partial charge in [0.15, 0.2) is 6.54 Å². The first-order valence-corrected chi connectivity index (χ1v) is 8.83. The molecule has 0 radical (unpaired) electrons. The maximum absolute atomic E-state index is 12.3. The van der Waals surface area contributed by atoms with Crippen LogP contribution in [0.4, 0.5) is 0 Å². The van der Waals surface area contributed by atoms with E-state index in [1.807, 2.05) is 6.92 Å². The van der Waals surface area contributed by atoms with Crippen molar-refractivity contribution in [2.24, 2.45) is 5.92 Å². The van der Waals surface area contributed by atoms with E-state index in [0.717, 1.165) is 37.9 Å². The zero-order chi connectivity index (χ0) is 17.5. The first kappa shape index (κ1) is 18.5. The summed E-state index contributed by atoms with van der Waals surface area (Å²) in [7, 11) is 1.43. The molecule has 1 aliphatic heterocycles. The number of rotatable bonds is 6. The molecule has 0 bridgehead atoms. The van der Waals surface area contributed by atoms with Gasteiger partial charge in [0.25, 0.3) is 5.91 Å². The van der Waals surface area contributed by atoms with Crippen molar-refractivity contribution in [2.75, 3.05) is 26.7 Å². The van der Waals surface area contributed by atoms with E-state index in [0.29, 0.717) is 6.54 Å². The molecule has 1 amide bonds. The van der Waals surface area contributed by atoms with E-state index < -0.39 is 0 Å². The maximum Gasteiger partial charge on any atom is 0.309 e. The van der Waals surface area contributed by atoms with Crippen molar-refractivity contribution in [3.05, 3.63) is 35.4 Å². The molecule has 5 nitrogen and oxygen atoms in total. The van der Waals surface area contributed by atoms with Crippen molar-refractivity contribution < 1.29 is 19.2 Å². The van der Waals surface area contributed by atoms with E-state index in [9.17, 15) is 9.59 Å². The van der Waals surface area contributed by atoms with Crippen LogP contribution in [0.15, 0.2) is 24.3 Å². The molecule has 1 saturated heterocycles. The van der Waals surface area contributed by atoms with Crippen LogP contribution in [0.3, 0.4) is 0 Å². The molecule has 0 aliphatic carbocycles. The summed E-state index contributed by atoms with van der Waals surface area (Å²) in [5.74, 6) is -0.0611. The molecule has 1 fully saturated rings. The second-order valence-electron chi connectivity index (χ2n) is 6.61. The van der Waals surface area contributed by atoms with Crippen molar-refractivity contribution in [2.45, 2.75) is 39.2 Å². The molecule has 0 spiro atoms. The van der Waals surface area contributed by atoms with E-state index in [4.69, 9.17) is 4.74 Å². The Morgan fingerprint density at radius 1 is 1.25 bits per heavy atom. The van der Waals surface area contributed by atoms with Crippen LogP contribution in [-0.4, -0.2) is 38.6 Å². The van der Waals surface area contributed by atoms with Gasteiger partial charge in [-0.3, -0.25) is 9.59 Å². The Hall–Kier alpha value is -1.88. The zero-order valence-corrected chi connectivity index (χ0v) is 14.9. The summed E-state index contributed by atoms with van der Waals surface area (Å²) >= 11 is 0. The number of nitrogens with one attached hydrogen (secondary N) is 2. The third-order valence-electron chi connectivity index (χ3n) is 4.90. The molecule has 0 saturated carbocycles. The van der Waals surface area contributed by atoms with E-state index >= 15 is 0 Å². The van der Waals surface area contributed by atoms with Gasteiger partial charge in [-0.05, 0) is 24.5 Å². The SMILES string of the molecule is CCc1ccc([C@@H](C)NC(=O)C[NH+]2CCC(C(=O)OC)CC2)cc1. The Morgan fingerprint density at radius 3 is 2.42 bits per heavy atom. The summed E-state index contributed by atoms with van der Waals surface area (Å²) in [6.45, 7) is 6.29. The number of hydrogen-bond donors (Lipinski definition) is 2. The van der Waals surface area contributed by atoms with Crippen molar-refractivity contribution in [1.82, 2.24) is 5.32 Å². The number of amides is 1. The van der Waals surface area contributed by atoms with Crippen LogP contribution in [0.1, 0.15) is 43.9 Å². The van der Waals surface area contributed by atoms with Gasteiger partial charge in [-0.25, -0.2) is 0 Å². The molecule has 2 rings (SSSR count). The number of quaternary nitrogens is 1. The average Bonchev–Trinajstić information content (AvgIpc) is 2.61. The van der Waals surface area contributed by atoms with Gasteiger partial charge in [0.1, 0.15) is 0 Å². The Kier molecular flexibility index (Phi) is 6.79. The Morgan fingerprint density at radius 2 is 1.88 bits per heavy atom. The Balaban J connectivity index is 1.77. The molecular weight excluding hydrogens is 304 g/mol. The highest BCUT2D eigenvalue weighted by Crippen LogP contribution is 2.14. The van der Waals surface area contributed by atoms with Crippen molar-refractivity contribution in [3.8, 4) is 0 Å². The lowest BCUT2D eigenvalue weighted by molar-refractivity contribution is -0.897. The highest BCUT2D eigenvalue weighted by molar-refractivity contribution is 5.77. The molecule has 132 valence electrons. The van der Waals surface area contributed by atoms with Gasteiger partial charge in [-0.1, -0.05) is 31.2 Å². The van der Waals surface area contributed by atoms with Crippen LogP contribution in [0, 0.1) is 5.92 Å². The summed E-state index contributed by atoms with van der Waals surface area (Å²) in [4.78, 5) is 25.0. The van der Waals surface area contributed by atoms with Crippen LogP contribution >= 0.6 is 0 Å². The summed E-state index contributed by atoms with van der Waals surface area (Å²) in [5, 5.41) is 3.07. The maximum atomic E-state index is 12.3. The Labute approximate surface area is 144 Å². The third kappa shape index (κ3) is 5.06. The van der Waals surface area contributed by atoms with Crippen LogP contribution in [0.2, 0.25) is 0 Å². The minimum absolute atomic E-state index is 0.00202. The predicted octanol–water partition coefficient (Wildman–Crippen LogP) is 0.894. The monoisotopic (exact) mass is 333 g/mol. The molecule has 24 heavy (non-hydrogen) atoms. The first-order valence-electron chi connectivity index (χ1n) is 8.83. The van der Waals surface area contributed by atoms with Crippen LogP contribution in [0.5, 0.6) is 0 Å². The lowest BCUT2D eigenvalue weighted by Gasteiger charge is -2.27. The van der Waals surface area contributed by atoms with Crippen LogP contribution < -0.4 is 10.2 Å². The molecule has 1 atom stereocenters. The fourth-order valence-electron chi connectivity index (χ4n) is 3.25. The lowest BCUT2D eigenvalue weighted by atomic mass is 9.97. The molecule has 1 heterocycles. The fourth-order valence-corrected chi connectivity index (χ4v) is 3.25. The van der Waals surface area contributed by atoms with Gasteiger partial charge < -0.3 is 15.0 Å². The summed E-state index contributed by atoms with van der Waals surface area (Å²) in [6, 6.07) is 8.40. The van der Waals surface area contributed by atoms with Gasteiger partial charge in [-0.15, -0.1) is 0 Å². The fraction of sp³-hybridized carbons (Fsp3) is 0.579. The molecule has 0 aromatic heterocycles. The number of methoxy groups -OCH3 is 1. The molecule has 2 N–H and O–H groups in total. The predicted molar refractivity (Wildman–Crippen MR) is 92.7 cm³/mol. The normalized spacial score (nSPS) is 21.8. The van der Waals surface area contributed by atoms with E-state index in [1.165, 1.54) is 17.6 Å². The molecule has 0 unspecified atom stereocenters. The Bertz CT molecular complexity index is 548. The van der Waals surface area contributed by atoms with Crippen LogP contribution in [-0.2, 0) is 20.7 Å². The minimum atomic E-state index is -0.123. The van der Waals surface area contributed by atoms with E-state index in [1.54, 1.807) is 0 Å². The smallest absolute Gasteiger partial charge is 0.309 e. The second kappa shape index (κ2) is 8.83.